The van der Waals surface area contributed by atoms with E-state index in [-0.39, 0.29) is 17.3 Å². The van der Waals surface area contributed by atoms with Gasteiger partial charge in [0.15, 0.2) is 18.0 Å². The number of carbonyl (C=O) groups excluding carboxylic acids is 3. The van der Waals surface area contributed by atoms with Gasteiger partial charge in [0.2, 0.25) is 5.91 Å². The van der Waals surface area contributed by atoms with Gasteiger partial charge in [0.1, 0.15) is 5.56 Å². The van der Waals surface area contributed by atoms with E-state index in [1.807, 2.05) is 0 Å². The zero-order chi connectivity index (χ0) is 18.7. The van der Waals surface area contributed by atoms with Crippen molar-refractivity contribution in [1.29, 1.82) is 0 Å². The fraction of sp³-hybridized carbons (Fsp3) is 0.167. The van der Waals surface area contributed by atoms with Crippen molar-refractivity contribution in [1.82, 2.24) is 14.6 Å². The minimum atomic E-state index is -0.653. The second-order valence-corrected chi connectivity index (χ2v) is 5.61. The molecule has 0 atom stereocenters. The minimum Gasteiger partial charge on any atom is -0.454 e. The molecule has 2 heterocycles. The largest absolute Gasteiger partial charge is 0.454 e. The van der Waals surface area contributed by atoms with E-state index >= 15 is 0 Å². The summed E-state index contributed by atoms with van der Waals surface area (Å²) >= 11 is 0. The van der Waals surface area contributed by atoms with Gasteiger partial charge in [0.25, 0.3) is 0 Å². The number of ketones is 1. The molecule has 3 aromatic rings. The lowest BCUT2D eigenvalue weighted by atomic mass is 10.1. The van der Waals surface area contributed by atoms with E-state index in [0.29, 0.717) is 22.6 Å². The molecule has 0 aliphatic rings. The van der Waals surface area contributed by atoms with Gasteiger partial charge in [-0.3, -0.25) is 9.59 Å². The molecular weight excluding hydrogens is 336 g/mol. The Bertz CT molecular complexity index is 992. The molecule has 1 amide bonds. The predicted molar refractivity (Wildman–Crippen MR) is 93.1 cm³/mol. The molecule has 8 heteroatoms. The number of hydrogen-bond donors (Lipinski definition) is 1. The van der Waals surface area contributed by atoms with Crippen molar-refractivity contribution in [3.05, 3.63) is 59.5 Å². The monoisotopic (exact) mass is 352 g/mol. The van der Waals surface area contributed by atoms with E-state index in [1.54, 1.807) is 49.6 Å². The maximum absolute atomic E-state index is 12.3. The Morgan fingerprint density at radius 2 is 1.92 bits per heavy atom. The minimum absolute atomic E-state index is 0.199. The molecule has 0 aliphatic carbocycles. The second kappa shape index (κ2) is 7.14. The van der Waals surface area contributed by atoms with E-state index in [2.05, 4.69) is 15.4 Å². The summed E-state index contributed by atoms with van der Waals surface area (Å²) in [6.07, 6.45) is 3.23. The fourth-order valence-corrected chi connectivity index (χ4v) is 2.46. The number of fused-ring (bicyclic) bond motifs is 1. The summed E-state index contributed by atoms with van der Waals surface area (Å²) in [7, 11) is 0. The van der Waals surface area contributed by atoms with Crippen LogP contribution in [-0.4, -0.2) is 38.9 Å². The van der Waals surface area contributed by atoms with Crippen molar-refractivity contribution >= 4 is 29.0 Å². The van der Waals surface area contributed by atoms with Crippen LogP contribution in [-0.2, 0) is 9.53 Å². The average molecular weight is 352 g/mol. The molecule has 26 heavy (non-hydrogen) atoms. The van der Waals surface area contributed by atoms with Crippen LogP contribution >= 0.6 is 0 Å². The van der Waals surface area contributed by atoms with E-state index in [4.69, 9.17) is 4.74 Å². The molecule has 0 saturated heterocycles. The highest BCUT2D eigenvalue weighted by Gasteiger charge is 2.20. The molecule has 1 N–H and O–H groups in total. The van der Waals surface area contributed by atoms with Gasteiger partial charge in [-0.05, 0) is 37.3 Å². The summed E-state index contributed by atoms with van der Waals surface area (Å²) in [4.78, 5) is 39.7. The highest BCUT2D eigenvalue weighted by Crippen LogP contribution is 2.15. The molecule has 0 saturated carbocycles. The Morgan fingerprint density at radius 1 is 1.19 bits per heavy atom. The van der Waals surface area contributed by atoms with Crippen molar-refractivity contribution in [2.45, 2.75) is 13.8 Å². The topological polar surface area (TPSA) is 103 Å². The Labute approximate surface area is 148 Å². The van der Waals surface area contributed by atoms with E-state index < -0.39 is 12.6 Å². The van der Waals surface area contributed by atoms with Crippen molar-refractivity contribution < 1.29 is 19.1 Å². The summed E-state index contributed by atoms with van der Waals surface area (Å²) in [5.41, 5.74) is 2.04. The third-order valence-corrected chi connectivity index (χ3v) is 3.64. The maximum Gasteiger partial charge on any atom is 0.344 e. The van der Waals surface area contributed by atoms with Gasteiger partial charge in [0, 0.05) is 30.6 Å². The summed E-state index contributed by atoms with van der Waals surface area (Å²) < 4.78 is 6.62. The van der Waals surface area contributed by atoms with Crippen LogP contribution in [0.5, 0.6) is 0 Å². The summed E-state index contributed by atoms with van der Waals surface area (Å²) in [5.74, 6) is -1.20. The molecule has 0 bridgehead atoms. The first kappa shape index (κ1) is 17.3. The quantitative estimate of drug-likeness (QED) is 0.557. The number of Topliss-reactive ketones (excluding diaryl/α,β-unsaturated/α-hetero) is 1. The smallest absolute Gasteiger partial charge is 0.344 e. The van der Waals surface area contributed by atoms with Crippen LogP contribution < -0.4 is 5.32 Å². The molecule has 8 nitrogen and oxygen atoms in total. The third-order valence-electron chi connectivity index (χ3n) is 3.64. The number of benzene rings is 1. The van der Waals surface area contributed by atoms with Crippen LogP contribution in [0.25, 0.3) is 5.65 Å². The first-order valence-corrected chi connectivity index (χ1v) is 7.83. The number of aryl methyl sites for hydroxylation is 1. The highest BCUT2D eigenvalue weighted by atomic mass is 16.5. The number of esters is 1. The number of ether oxygens (including phenoxy) is 1. The number of aromatic nitrogens is 3. The number of anilines is 1. The number of rotatable bonds is 5. The average Bonchev–Trinajstić information content (AvgIpc) is 2.95. The lowest BCUT2D eigenvalue weighted by Crippen LogP contribution is -2.15. The third kappa shape index (κ3) is 3.59. The fourth-order valence-electron chi connectivity index (χ4n) is 2.46. The lowest BCUT2D eigenvalue weighted by Gasteiger charge is -2.06. The Morgan fingerprint density at radius 3 is 2.62 bits per heavy atom. The van der Waals surface area contributed by atoms with Crippen LogP contribution in [0.1, 0.15) is 33.3 Å². The Hall–Kier alpha value is -3.55. The molecule has 2 aromatic heterocycles. The summed E-state index contributed by atoms with van der Waals surface area (Å²) in [6.45, 7) is 2.67. The van der Waals surface area contributed by atoms with Gasteiger partial charge >= 0.3 is 5.97 Å². The number of hydrogen-bond acceptors (Lipinski definition) is 6. The Kier molecular flexibility index (Phi) is 4.74. The van der Waals surface area contributed by atoms with Crippen molar-refractivity contribution in [2.24, 2.45) is 0 Å². The first-order chi connectivity index (χ1) is 12.5. The van der Waals surface area contributed by atoms with Crippen molar-refractivity contribution in [3.8, 4) is 0 Å². The molecule has 0 unspecified atom stereocenters. The number of nitrogens with one attached hydrogen (secondary N) is 1. The standard InChI is InChI=1S/C18H16N4O4/c1-11-16(17-19-8-3-9-22(17)21-11)18(25)26-10-15(24)13-4-6-14(7-5-13)20-12(2)23/h3-9H,10H2,1-2H3,(H,20,23). The zero-order valence-corrected chi connectivity index (χ0v) is 14.2. The van der Waals surface area contributed by atoms with Crippen molar-refractivity contribution in [2.75, 3.05) is 11.9 Å². The van der Waals surface area contributed by atoms with Crippen LogP contribution in [0.3, 0.4) is 0 Å². The van der Waals surface area contributed by atoms with Crippen LogP contribution in [0.15, 0.2) is 42.7 Å². The van der Waals surface area contributed by atoms with Gasteiger partial charge in [-0.1, -0.05) is 0 Å². The van der Waals surface area contributed by atoms with E-state index in [1.165, 1.54) is 11.4 Å². The molecule has 0 spiro atoms. The lowest BCUT2D eigenvalue weighted by molar-refractivity contribution is -0.114. The van der Waals surface area contributed by atoms with E-state index in [9.17, 15) is 14.4 Å². The normalized spacial score (nSPS) is 10.5. The second-order valence-electron chi connectivity index (χ2n) is 5.61. The molecule has 3 rings (SSSR count). The molecule has 1 aromatic carbocycles. The SMILES string of the molecule is CC(=O)Nc1ccc(C(=O)COC(=O)c2c(C)nn3cccnc23)cc1. The molecule has 0 radical (unpaired) electrons. The van der Waals surface area contributed by atoms with Crippen LogP contribution in [0.4, 0.5) is 5.69 Å². The number of carbonyl (C=O) groups is 3. The predicted octanol–water partition coefficient (Wildman–Crippen LogP) is 2.04. The van der Waals surface area contributed by atoms with Crippen molar-refractivity contribution in [3.63, 3.8) is 0 Å². The first-order valence-electron chi connectivity index (χ1n) is 7.83. The highest BCUT2D eigenvalue weighted by molar-refractivity contribution is 6.01. The van der Waals surface area contributed by atoms with E-state index in [0.717, 1.165) is 0 Å². The maximum atomic E-state index is 12.3. The van der Waals surface area contributed by atoms with Crippen LogP contribution in [0.2, 0.25) is 0 Å². The molecular formula is C18H16N4O4. The summed E-state index contributed by atoms with van der Waals surface area (Å²) in [5, 5.41) is 6.80. The number of amides is 1. The van der Waals surface area contributed by atoms with Gasteiger partial charge < -0.3 is 10.1 Å². The Balaban J connectivity index is 1.68. The molecule has 132 valence electrons. The van der Waals surface area contributed by atoms with Crippen LogP contribution in [0, 0.1) is 6.92 Å². The summed E-state index contributed by atoms with van der Waals surface area (Å²) in [6, 6.07) is 8.03. The number of nitrogens with zero attached hydrogens (tertiary/aromatic N) is 3. The van der Waals surface area contributed by atoms with Gasteiger partial charge in [-0.15, -0.1) is 0 Å². The molecule has 0 fully saturated rings. The van der Waals surface area contributed by atoms with Gasteiger partial charge in [-0.2, -0.15) is 5.10 Å². The zero-order valence-electron chi connectivity index (χ0n) is 14.2. The van der Waals surface area contributed by atoms with Gasteiger partial charge in [0.05, 0.1) is 5.69 Å². The van der Waals surface area contributed by atoms with Gasteiger partial charge in [-0.25, -0.2) is 14.3 Å². The molecule has 0 aliphatic heterocycles.